The van der Waals surface area contributed by atoms with Crippen LogP contribution in [0.3, 0.4) is 0 Å². The van der Waals surface area contributed by atoms with Gasteiger partial charge in [0.05, 0.1) is 5.92 Å². The lowest BCUT2D eigenvalue weighted by Gasteiger charge is -2.19. The Morgan fingerprint density at radius 1 is 1.12 bits per heavy atom. The molecule has 2 unspecified atom stereocenters. The van der Waals surface area contributed by atoms with Crippen molar-refractivity contribution < 1.29 is 27.9 Å². The first-order valence-corrected chi connectivity index (χ1v) is 9.20. The van der Waals surface area contributed by atoms with Crippen LogP contribution in [0.25, 0.3) is 0 Å². The third-order valence-electron chi connectivity index (χ3n) is 3.92. The molecule has 25 heavy (non-hydrogen) atoms. The summed E-state index contributed by atoms with van der Waals surface area (Å²) in [5.74, 6) is -1.14. The van der Waals surface area contributed by atoms with Gasteiger partial charge < -0.3 is 9.47 Å². The molecule has 2 aromatic rings. The van der Waals surface area contributed by atoms with Crippen molar-refractivity contribution in [3.05, 3.63) is 54.6 Å². The van der Waals surface area contributed by atoms with E-state index in [4.69, 9.17) is 14.7 Å². The highest BCUT2D eigenvalue weighted by Gasteiger charge is 2.44. The molecular weight excluding hydrogens is 346 g/mol. The Morgan fingerprint density at radius 3 is 2.52 bits per heavy atom. The summed E-state index contributed by atoms with van der Waals surface area (Å²) in [6.45, 7) is 0.115. The lowest BCUT2D eigenvalue weighted by Crippen LogP contribution is -2.37. The molecule has 0 aliphatic carbocycles. The predicted molar refractivity (Wildman–Crippen MR) is 87.9 cm³/mol. The van der Waals surface area contributed by atoms with Gasteiger partial charge >= 0.3 is 0 Å². The first kappa shape index (κ1) is 17.4. The number of hydrogen-bond acceptors (Lipinski definition) is 6. The maximum atomic E-state index is 13.0. The Hall–Kier alpha value is -2.42. The van der Waals surface area contributed by atoms with E-state index < -0.39 is 27.1 Å². The van der Waals surface area contributed by atoms with Gasteiger partial charge in [-0.2, -0.15) is 0 Å². The van der Waals surface area contributed by atoms with Gasteiger partial charge in [0.25, 0.3) is 0 Å². The smallest absolute Gasteiger partial charge is 0.250 e. The minimum absolute atomic E-state index is 0.0681. The van der Waals surface area contributed by atoms with Crippen molar-refractivity contribution in [1.82, 2.24) is 5.48 Å². The van der Waals surface area contributed by atoms with E-state index in [1.165, 1.54) is 17.6 Å². The predicted octanol–water partition coefficient (Wildman–Crippen LogP) is 2.12. The van der Waals surface area contributed by atoms with E-state index in [2.05, 4.69) is 0 Å². The van der Waals surface area contributed by atoms with Gasteiger partial charge in [0.2, 0.25) is 15.7 Å². The van der Waals surface area contributed by atoms with Crippen LogP contribution in [0.15, 0.2) is 59.5 Å². The number of sulfone groups is 1. The molecule has 1 aliphatic heterocycles. The van der Waals surface area contributed by atoms with Crippen LogP contribution in [0.1, 0.15) is 6.42 Å². The fourth-order valence-corrected chi connectivity index (χ4v) is 4.59. The Morgan fingerprint density at radius 2 is 1.80 bits per heavy atom. The van der Waals surface area contributed by atoms with Crippen LogP contribution in [-0.2, 0) is 19.4 Å². The first-order valence-electron chi connectivity index (χ1n) is 7.65. The molecule has 2 atom stereocenters. The number of benzene rings is 2. The number of carbonyl (C=O) groups excluding carboxylic acids is 1. The highest BCUT2D eigenvalue weighted by Crippen LogP contribution is 2.36. The lowest BCUT2D eigenvalue weighted by molar-refractivity contribution is -0.133. The number of carbonyl (C=O) groups is 1. The van der Waals surface area contributed by atoms with E-state index in [0.29, 0.717) is 5.75 Å². The summed E-state index contributed by atoms with van der Waals surface area (Å²) in [6.07, 6.45) is 0.206. The fraction of sp³-hybridized carbons (Fsp3) is 0.235. The third-order valence-corrected chi connectivity index (χ3v) is 5.95. The number of ether oxygens (including phenoxy) is 2. The number of amides is 1. The summed E-state index contributed by atoms with van der Waals surface area (Å²) in [5, 5.41) is 8.82. The molecule has 2 N–H and O–H groups in total. The molecule has 0 spiro atoms. The van der Waals surface area contributed by atoms with Gasteiger partial charge in [0, 0.05) is 6.61 Å². The molecule has 1 aliphatic rings. The molecule has 8 heteroatoms. The standard InChI is InChI=1S/C17H17NO6S/c19-16(18-20)13-10-11-23-17(13)25(21,22)15-9-5-4-8-14(15)24-12-6-2-1-3-7-12/h1-9,13,17,20H,10-11H2,(H,18,19). The third kappa shape index (κ3) is 3.51. The van der Waals surface area contributed by atoms with Crippen molar-refractivity contribution in [3.8, 4) is 11.5 Å². The summed E-state index contributed by atoms with van der Waals surface area (Å²) in [4.78, 5) is 11.7. The van der Waals surface area contributed by atoms with Crippen molar-refractivity contribution in [1.29, 1.82) is 0 Å². The average Bonchev–Trinajstić information content (AvgIpc) is 3.13. The number of hydroxylamine groups is 1. The zero-order chi connectivity index (χ0) is 17.9. The summed E-state index contributed by atoms with van der Waals surface area (Å²) < 4.78 is 37.0. The van der Waals surface area contributed by atoms with E-state index in [9.17, 15) is 13.2 Å². The van der Waals surface area contributed by atoms with Gasteiger partial charge in [-0.25, -0.2) is 13.9 Å². The minimum Gasteiger partial charge on any atom is -0.456 e. The Kier molecular flexibility index (Phi) is 5.03. The maximum absolute atomic E-state index is 13.0. The Balaban J connectivity index is 1.96. The molecule has 0 bridgehead atoms. The van der Waals surface area contributed by atoms with Crippen molar-refractivity contribution in [2.45, 2.75) is 16.8 Å². The monoisotopic (exact) mass is 363 g/mol. The zero-order valence-corrected chi connectivity index (χ0v) is 14.0. The van der Waals surface area contributed by atoms with Gasteiger partial charge in [-0.1, -0.05) is 30.3 Å². The van der Waals surface area contributed by atoms with E-state index in [-0.39, 0.29) is 23.7 Å². The second-order valence-electron chi connectivity index (χ2n) is 5.52. The molecule has 0 aromatic heterocycles. The van der Waals surface area contributed by atoms with Gasteiger partial charge in [0.1, 0.15) is 16.4 Å². The van der Waals surface area contributed by atoms with Gasteiger partial charge in [-0.3, -0.25) is 10.0 Å². The Labute approximate surface area is 145 Å². The molecule has 0 saturated carbocycles. The van der Waals surface area contributed by atoms with Gasteiger partial charge in [0.15, 0.2) is 5.44 Å². The van der Waals surface area contributed by atoms with E-state index >= 15 is 0 Å². The van der Waals surface area contributed by atoms with Gasteiger partial charge in [-0.05, 0) is 30.7 Å². The number of nitrogens with one attached hydrogen (secondary N) is 1. The molecule has 1 saturated heterocycles. The molecule has 3 rings (SSSR count). The van der Waals surface area contributed by atoms with E-state index in [1.54, 1.807) is 36.4 Å². The molecule has 132 valence electrons. The molecule has 0 radical (unpaired) electrons. The highest BCUT2D eigenvalue weighted by atomic mass is 32.2. The zero-order valence-electron chi connectivity index (χ0n) is 13.2. The highest BCUT2D eigenvalue weighted by molar-refractivity contribution is 7.92. The summed E-state index contributed by atoms with van der Waals surface area (Å²) in [6, 6.07) is 14.9. The van der Waals surface area contributed by atoms with Crippen molar-refractivity contribution in [2.24, 2.45) is 5.92 Å². The SMILES string of the molecule is O=C(NO)C1CCOC1S(=O)(=O)c1ccccc1Oc1ccccc1. The first-order chi connectivity index (χ1) is 12.0. The quantitative estimate of drug-likeness (QED) is 0.623. The number of rotatable bonds is 5. The van der Waals surface area contributed by atoms with Crippen molar-refractivity contribution >= 4 is 15.7 Å². The fourth-order valence-electron chi connectivity index (χ4n) is 2.72. The molecule has 1 fully saturated rings. The van der Waals surface area contributed by atoms with Crippen LogP contribution in [0.2, 0.25) is 0 Å². The molecule has 1 amide bonds. The summed E-state index contributed by atoms with van der Waals surface area (Å²) >= 11 is 0. The number of hydrogen-bond donors (Lipinski definition) is 2. The number of para-hydroxylation sites is 2. The van der Waals surface area contributed by atoms with Crippen LogP contribution in [0, 0.1) is 5.92 Å². The molecule has 2 aromatic carbocycles. The summed E-state index contributed by atoms with van der Waals surface area (Å²) in [5.41, 5.74) is 0.125. The largest absolute Gasteiger partial charge is 0.456 e. The van der Waals surface area contributed by atoms with E-state index in [0.717, 1.165) is 0 Å². The minimum atomic E-state index is -4.01. The molecule has 7 nitrogen and oxygen atoms in total. The lowest BCUT2D eigenvalue weighted by atomic mass is 10.1. The molecular formula is C17H17NO6S. The van der Waals surface area contributed by atoms with Crippen LogP contribution in [0.5, 0.6) is 11.5 Å². The van der Waals surface area contributed by atoms with Crippen LogP contribution >= 0.6 is 0 Å². The van der Waals surface area contributed by atoms with E-state index in [1.807, 2.05) is 6.07 Å². The van der Waals surface area contributed by atoms with Gasteiger partial charge in [-0.15, -0.1) is 0 Å². The Bertz CT molecular complexity index is 852. The summed E-state index contributed by atoms with van der Waals surface area (Å²) in [7, 11) is -4.01. The maximum Gasteiger partial charge on any atom is 0.250 e. The normalized spacial score (nSPS) is 20.2. The van der Waals surface area contributed by atoms with Crippen LogP contribution in [-0.4, -0.2) is 31.6 Å². The van der Waals surface area contributed by atoms with Crippen molar-refractivity contribution in [3.63, 3.8) is 0 Å². The average molecular weight is 363 g/mol. The van der Waals surface area contributed by atoms with Crippen LogP contribution < -0.4 is 10.2 Å². The van der Waals surface area contributed by atoms with Crippen LogP contribution in [0.4, 0.5) is 0 Å². The van der Waals surface area contributed by atoms with Crippen molar-refractivity contribution in [2.75, 3.05) is 6.61 Å². The molecule has 1 heterocycles. The second kappa shape index (κ2) is 7.22. The second-order valence-corrected chi connectivity index (χ2v) is 7.51. The topological polar surface area (TPSA) is 102 Å².